The SMILES string of the molecule is Cc1cc(C=O)cc2c1C(C)(C)CC21CC(C)(C)c2c(C)cc(C=O)cc21. The van der Waals surface area contributed by atoms with Gasteiger partial charge >= 0.3 is 0 Å². The van der Waals surface area contributed by atoms with Gasteiger partial charge in [0.25, 0.3) is 0 Å². The molecule has 2 nitrogen and oxygen atoms in total. The first-order chi connectivity index (χ1) is 12.6. The van der Waals surface area contributed by atoms with E-state index in [1.165, 1.54) is 33.4 Å². The average Bonchev–Trinajstić information content (AvgIpc) is 2.94. The first kappa shape index (κ1) is 18.2. The van der Waals surface area contributed by atoms with Crippen molar-refractivity contribution in [2.45, 2.75) is 70.6 Å². The largest absolute Gasteiger partial charge is 0.298 e. The standard InChI is InChI=1S/C25H28O2/c1-15-7-17(11-26)9-19-21(15)23(3,4)13-25(19)14-24(5,6)22-16(2)8-18(12-27)10-20(22)25/h7-12H,13-14H2,1-6H3. The number of benzene rings is 2. The maximum Gasteiger partial charge on any atom is 0.150 e. The van der Waals surface area contributed by atoms with E-state index in [4.69, 9.17) is 0 Å². The number of rotatable bonds is 2. The highest BCUT2D eigenvalue weighted by Crippen LogP contribution is 2.63. The molecule has 2 aromatic rings. The van der Waals surface area contributed by atoms with Gasteiger partial charge in [-0.05, 0) is 95.2 Å². The molecule has 4 rings (SSSR count). The molecule has 27 heavy (non-hydrogen) atoms. The minimum Gasteiger partial charge on any atom is -0.298 e. The molecule has 0 fully saturated rings. The number of hydrogen-bond donors (Lipinski definition) is 0. The maximum atomic E-state index is 11.6. The normalized spacial score (nSPS) is 20.4. The highest BCUT2D eigenvalue weighted by atomic mass is 16.1. The molecule has 2 aromatic carbocycles. The van der Waals surface area contributed by atoms with Crippen molar-refractivity contribution in [1.29, 1.82) is 0 Å². The zero-order valence-electron chi connectivity index (χ0n) is 17.2. The molecule has 1 spiro atoms. The van der Waals surface area contributed by atoms with Crippen LogP contribution in [0.25, 0.3) is 0 Å². The monoisotopic (exact) mass is 360 g/mol. The second-order valence-corrected chi connectivity index (χ2v) is 9.96. The van der Waals surface area contributed by atoms with Gasteiger partial charge in [-0.15, -0.1) is 0 Å². The molecule has 0 unspecified atom stereocenters. The Balaban J connectivity index is 2.12. The number of hydrogen-bond acceptors (Lipinski definition) is 2. The lowest BCUT2D eigenvalue weighted by Gasteiger charge is -2.30. The van der Waals surface area contributed by atoms with E-state index < -0.39 is 0 Å². The van der Waals surface area contributed by atoms with Crippen molar-refractivity contribution in [3.05, 3.63) is 68.8 Å². The number of aldehydes is 2. The zero-order valence-corrected chi connectivity index (χ0v) is 17.2. The lowest BCUT2D eigenvalue weighted by molar-refractivity contribution is 0.111. The third-order valence-electron chi connectivity index (χ3n) is 6.86. The summed E-state index contributed by atoms with van der Waals surface area (Å²) < 4.78 is 0. The summed E-state index contributed by atoms with van der Waals surface area (Å²) in [4.78, 5) is 23.2. The Hall–Kier alpha value is -2.22. The molecule has 0 bridgehead atoms. The van der Waals surface area contributed by atoms with E-state index in [2.05, 4.69) is 53.7 Å². The van der Waals surface area contributed by atoms with Crippen molar-refractivity contribution in [3.8, 4) is 0 Å². The molecule has 0 amide bonds. The fourth-order valence-corrected chi connectivity index (χ4v) is 6.59. The summed E-state index contributed by atoms with van der Waals surface area (Å²) in [6.45, 7) is 13.5. The van der Waals surface area contributed by atoms with Crippen LogP contribution in [0, 0.1) is 13.8 Å². The zero-order chi connectivity index (χ0) is 19.8. The van der Waals surface area contributed by atoms with Crippen LogP contribution >= 0.6 is 0 Å². The molecular formula is C25H28O2. The Bertz CT molecular complexity index is 910. The number of carbonyl (C=O) groups excluding carboxylic acids is 2. The summed E-state index contributed by atoms with van der Waals surface area (Å²) in [5.74, 6) is 0. The second kappa shape index (κ2) is 5.41. The van der Waals surface area contributed by atoms with Gasteiger partial charge in [-0.3, -0.25) is 9.59 Å². The Morgan fingerprint density at radius 2 is 1.07 bits per heavy atom. The van der Waals surface area contributed by atoms with Gasteiger partial charge in [0.1, 0.15) is 12.6 Å². The fourth-order valence-electron chi connectivity index (χ4n) is 6.59. The quantitative estimate of drug-likeness (QED) is 0.655. The molecule has 0 N–H and O–H groups in total. The van der Waals surface area contributed by atoms with Crippen molar-refractivity contribution < 1.29 is 9.59 Å². The Morgan fingerprint density at radius 3 is 1.41 bits per heavy atom. The molecule has 0 atom stereocenters. The van der Waals surface area contributed by atoms with Crippen molar-refractivity contribution in [2.24, 2.45) is 0 Å². The van der Waals surface area contributed by atoms with Gasteiger partial charge in [-0.25, -0.2) is 0 Å². The lowest BCUT2D eigenvalue weighted by atomic mass is 9.72. The van der Waals surface area contributed by atoms with E-state index >= 15 is 0 Å². The molecular weight excluding hydrogens is 332 g/mol. The van der Waals surface area contributed by atoms with Crippen LogP contribution in [0.2, 0.25) is 0 Å². The van der Waals surface area contributed by atoms with E-state index in [1.54, 1.807) is 0 Å². The number of fused-ring (bicyclic) bond motifs is 4. The predicted octanol–water partition coefficient (Wildman–Crippen LogP) is 5.58. The summed E-state index contributed by atoms with van der Waals surface area (Å²) in [5, 5.41) is 0. The minimum atomic E-state index is -0.134. The lowest BCUT2D eigenvalue weighted by Crippen LogP contribution is -2.27. The summed E-state index contributed by atoms with van der Waals surface area (Å²) in [7, 11) is 0. The van der Waals surface area contributed by atoms with Crippen LogP contribution < -0.4 is 0 Å². The highest BCUT2D eigenvalue weighted by molar-refractivity contribution is 5.80. The van der Waals surface area contributed by atoms with Crippen LogP contribution in [0.5, 0.6) is 0 Å². The third kappa shape index (κ3) is 2.32. The molecule has 0 radical (unpaired) electrons. The summed E-state index contributed by atoms with van der Waals surface area (Å²) in [5.41, 5.74) is 9.18. The topological polar surface area (TPSA) is 34.1 Å². The van der Waals surface area contributed by atoms with Crippen LogP contribution in [0.3, 0.4) is 0 Å². The molecule has 0 saturated heterocycles. The molecule has 0 saturated carbocycles. The highest BCUT2D eigenvalue weighted by Gasteiger charge is 2.57. The summed E-state index contributed by atoms with van der Waals surface area (Å²) in [6.07, 6.45) is 3.94. The first-order valence-electron chi connectivity index (χ1n) is 9.77. The smallest absolute Gasteiger partial charge is 0.150 e. The molecule has 2 aliphatic rings. The maximum absolute atomic E-state index is 11.6. The van der Waals surface area contributed by atoms with E-state index in [0.717, 1.165) is 36.5 Å². The second-order valence-electron chi connectivity index (χ2n) is 9.96. The van der Waals surface area contributed by atoms with Crippen molar-refractivity contribution in [2.75, 3.05) is 0 Å². The molecule has 0 heterocycles. The van der Waals surface area contributed by atoms with E-state index in [-0.39, 0.29) is 16.2 Å². The van der Waals surface area contributed by atoms with Crippen LogP contribution in [0.15, 0.2) is 24.3 Å². The van der Waals surface area contributed by atoms with Crippen LogP contribution in [0.4, 0.5) is 0 Å². The van der Waals surface area contributed by atoms with Gasteiger partial charge in [0.15, 0.2) is 0 Å². The Kier molecular flexibility index (Phi) is 3.64. The van der Waals surface area contributed by atoms with Crippen LogP contribution in [-0.4, -0.2) is 12.6 Å². The number of aryl methyl sites for hydroxylation is 2. The van der Waals surface area contributed by atoms with Gasteiger partial charge in [0, 0.05) is 16.5 Å². The molecule has 140 valence electrons. The van der Waals surface area contributed by atoms with E-state index in [1.807, 2.05) is 12.1 Å². The Labute approximate surface area is 162 Å². The molecule has 0 aromatic heterocycles. The number of carbonyl (C=O) groups is 2. The van der Waals surface area contributed by atoms with Gasteiger partial charge in [-0.2, -0.15) is 0 Å². The van der Waals surface area contributed by atoms with Gasteiger partial charge < -0.3 is 0 Å². The predicted molar refractivity (Wildman–Crippen MR) is 109 cm³/mol. The molecule has 2 heteroatoms. The molecule has 0 aliphatic heterocycles. The van der Waals surface area contributed by atoms with Crippen molar-refractivity contribution >= 4 is 12.6 Å². The van der Waals surface area contributed by atoms with Gasteiger partial charge in [0.05, 0.1) is 0 Å². The fraction of sp³-hybridized carbons (Fsp3) is 0.440. The Morgan fingerprint density at radius 1 is 0.704 bits per heavy atom. The molecule has 2 aliphatic carbocycles. The van der Waals surface area contributed by atoms with E-state index in [0.29, 0.717) is 0 Å². The summed E-state index contributed by atoms with van der Waals surface area (Å²) >= 11 is 0. The van der Waals surface area contributed by atoms with Crippen molar-refractivity contribution in [3.63, 3.8) is 0 Å². The minimum absolute atomic E-state index is 0.0314. The van der Waals surface area contributed by atoms with Crippen LogP contribution in [-0.2, 0) is 16.2 Å². The third-order valence-corrected chi connectivity index (χ3v) is 6.86. The van der Waals surface area contributed by atoms with Gasteiger partial charge in [0.2, 0.25) is 0 Å². The van der Waals surface area contributed by atoms with E-state index in [9.17, 15) is 9.59 Å². The summed E-state index contributed by atoms with van der Waals surface area (Å²) in [6, 6.07) is 8.25. The van der Waals surface area contributed by atoms with Gasteiger partial charge in [-0.1, -0.05) is 27.7 Å². The average molecular weight is 360 g/mol. The van der Waals surface area contributed by atoms with Crippen LogP contribution in [0.1, 0.15) is 94.6 Å². The first-order valence-corrected chi connectivity index (χ1v) is 9.77. The van der Waals surface area contributed by atoms with Crippen molar-refractivity contribution in [1.82, 2.24) is 0 Å².